The predicted molar refractivity (Wildman–Crippen MR) is 109 cm³/mol. The number of aryl methyl sites for hydroxylation is 2. The van der Waals surface area contributed by atoms with Crippen LogP contribution in [0.1, 0.15) is 15.9 Å². The molecule has 2 aromatic rings. The van der Waals surface area contributed by atoms with E-state index < -0.39 is 11.3 Å². The molecule has 1 aromatic heterocycles. The highest BCUT2D eigenvalue weighted by molar-refractivity contribution is 5.94. The average Bonchev–Trinajstić information content (AvgIpc) is 2.78. The quantitative estimate of drug-likeness (QED) is 0.665. The topological polar surface area (TPSA) is 99.4 Å². The lowest BCUT2D eigenvalue weighted by atomic mass is 9.96. The number of hydrogen-bond donors (Lipinski definition) is 0. The van der Waals surface area contributed by atoms with E-state index in [4.69, 9.17) is 14.2 Å². The molecule has 30 heavy (non-hydrogen) atoms. The van der Waals surface area contributed by atoms with Crippen molar-refractivity contribution in [2.45, 2.75) is 13.0 Å². The van der Waals surface area contributed by atoms with E-state index in [1.807, 2.05) is 12.1 Å². The number of nitrogens with zero attached hydrogens (tertiary/aromatic N) is 3. The molecule has 0 radical (unpaired) electrons. The highest BCUT2D eigenvalue weighted by Gasteiger charge is 2.22. The Bertz CT molecular complexity index is 1030. The lowest BCUT2D eigenvalue weighted by Crippen LogP contribution is -2.38. The van der Waals surface area contributed by atoms with Crippen molar-refractivity contribution in [2.75, 3.05) is 46.6 Å². The molecular formula is C21H23N3O6. The smallest absolute Gasteiger partial charge is 0.322 e. The number of ether oxygens (including phenoxy) is 3. The molecule has 2 aliphatic heterocycles. The maximum atomic E-state index is 12.3. The largest absolute Gasteiger partial charge is 0.493 e. The van der Waals surface area contributed by atoms with Gasteiger partial charge >= 0.3 is 5.91 Å². The molecule has 0 atom stereocenters. The van der Waals surface area contributed by atoms with E-state index >= 15 is 0 Å². The fraction of sp³-hybridized carbons (Fsp3) is 0.429. The molecule has 0 unspecified atom stereocenters. The van der Waals surface area contributed by atoms with E-state index in [1.54, 1.807) is 11.7 Å². The molecule has 3 heterocycles. The molecular weight excluding hydrogens is 390 g/mol. The third kappa shape index (κ3) is 3.99. The molecule has 0 bridgehead atoms. The summed E-state index contributed by atoms with van der Waals surface area (Å²) in [4.78, 5) is 36.7. The zero-order valence-corrected chi connectivity index (χ0v) is 16.8. The number of methoxy groups -OCH3 is 1. The van der Waals surface area contributed by atoms with Crippen molar-refractivity contribution in [1.82, 2.24) is 9.47 Å². The van der Waals surface area contributed by atoms with Gasteiger partial charge < -0.3 is 18.8 Å². The van der Waals surface area contributed by atoms with Gasteiger partial charge in [0.1, 0.15) is 12.2 Å². The summed E-state index contributed by atoms with van der Waals surface area (Å²) in [6.45, 7) is 5.22. The monoisotopic (exact) mass is 413 g/mol. The second-order valence-corrected chi connectivity index (χ2v) is 7.24. The third-order valence-corrected chi connectivity index (χ3v) is 5.50. The highest BCUT2D eigenvalue weighted by atomic mass is 16.5. The molecule has 0 spiro atoms. The molecule has 2 aliphatic rings. The first-order chi connectivity index (χ1) is 14.6. The summed E-state index contributed by atoms with van der Waals surface area (Å²) >= 11 is 0. The summed E-state index contributed by atoms with van der Waals surface area (Å²) in [7, 11) is 1.57. The van der Waals surface area contributed by atoms with Gasteiger partial charge in [-0.2, -0.15) is 0 Å². The van der Waals surface area contributed by atoms with Crippen LogP contribution < -0.4 is 14.9 Å². The van der Waals surface area contributed by atoms with Crippen LogP contribution in [0.4, 0.5) is 0 Å². The summed E-state index contributed by atoms with van der Waals surface area (Å²) in [6, 6.07) is 5.17. The van der Waals surface area contributed by atoms with Gasteiger partial charge in [-0.25, -0.2) is 0 Å². The molecule has 9 heteroatoms. The number of pyridine rings is 1. The second-order valence-electron chi connectivity index (χ2n) is 7.24. The van der Waals surface area contributed by atoms with Crippen molar-refractivity contribution in [2.24, 2.45) is 5.18 Å². The first-order valence-corrected chi connectivity index (χ1v) is 9.87. The Hall–Kier alpha value is -3.04. The number of rotatable bonds is 6. The van der Waals surface area contributed by atoms with Crippen LogP contribution >= 0.6 is 0 Å². The number of carbonyl (C=O) groups is 1. The Kier molecular flexibility index (Phi) is 5.91. The van der Waals surface area contributed by atoms with Gasteiger partial charge in [-0.15, -0.1) is 4.91 Å². The summed E-state index contributed by atoms with van der Waals surface area (Å²) in [6.07, 6.45) is 2.10. The third-order valence-electron chi connectivity index (χ3n) is 5.50. The zero-order chi connectivity index (χ0) is 21.1. The van der Waals surface area contributed by atoms with Crippen molar-refractivity contribution < 1.29 is 19.0 Å². The van der Waals surface area contributed by atoms with Gasteiger partial charge in [0.15, 0.2) is 16.9 Å². The van der Waals surface area contributed by atoms with Crippen LogP contribution in [0.5, 0.6) is 11.5 Å². The molecule has 158 valence electrons. The minimum atomic E-state index is -1.05. The molecule has 0 aliphatic carbocycles. The van der Waals surface area contributed by atoms with Crippen LogP contribution in [0.15, 0.2) is 34.4 Å². The molecule has 9 nitrogen and oxygen atoms in total. The number of benzene rings is 1. The van der Waals surface area contributed by atoms with Gasteiger partial charge in [0.2, 0.25) is 0 Å². The number of aromatic nitrogens is 1. The van der Waals surface area contributed by atoms with Crippen LogP contribution in [-0.2, 0) is 17.7 Å². The lowest BCUT2D eigenvalue weighted by molar-refractivity contribution is 0.0321. The molecule has 0 N–H and O–H groups in total. The number of hydrogen-bond acceptors (Lipinski definition) is 7. The first kappa shape index (κ1) is 20.2. The fourth-order valence-electron chi connectivity index (χ4n) is 3.87. The number of amides is 1. The van der Waals surface area contributed by atoms with E-state index in [0.29, 0.717) is 36.8 Å². The summed E-state index contributed by atoms with van der Waals surface area (Å²) < 4.78 is 18.7. The minimum absolute atomic E-state index is 0.216. The maximum absolute atomic E-state index is 12.3. The van der Waals surface area contributed by atoms with Crippen molar-refractivity contribution in [3.63, 3.8) is 0 Å². The van der Waals surface area contributed by atoms with E-state index in [0.717, 1.165) is 44.0 Å². The van der Waals surface area contributed by atoms with Gasteiger partial charge in [-0.05, 0) is 24.1 Å². The normalized spacial score (nSPS) is 15.8. The predicted octanol–water partition coefficient (Wildman–Crippen LogP) is 1.70. The van der Waals surface area contributed by atoms with E-state index in [-0.39, 0.29) is 5.56 Å². The van der Waals surface area contributed by atoms with Crippen molar-refractivity contribution >= 4 is 5.91 Å². The molecule has 4 rings (SSSR count). The van der Waals surface area contributed by atoms with Gasteiger partial charge in [0.05, 0.1) is 26.0 Å². The highest BCUT2D eigenvalue weighted by Crippen LogP contribution is 2.38. The first-order valence-electron chi connectivity index (χ1n) is 9.87. The number of morpholine rings is 1. The van der Waals surface area contributed by atoms with E-state index in [1.165, 1.54) is 12.3 Å². The summed E-state index contributed by atoms with van der Waals surface area (Å²) in [5.74, 6) is 0.186. The fourth-order valence-corrected chi connectivity index (χ4v) is 3.87. The zero-order valence-electron chi connectivity index (χ0n) is 16.8. The van der Waals surface area contributed by atoms with E-state index in [2.05, 4.69) is 10.1 Å². The minimum Gasteiger partial charge on any atom is -0.493 e. The molecule has 0 saturated carbocycles. The molecule has 1 aromatic carbocycles. The van der Waals surface area contributed by atoms with Crippen LogP contribution in [-0.4, -0.2) is 61.9 Å². The maximum Gasteiger partial charge on any atom is 0.322 e. The van der Waals surface area contributed by atoms with E-state index in [9.17, 15) is 14.5 Å². The standard InChI is InChI=1S/C21H23N3O6/c1-28-19-11-15-14(10-20(19)30-9-6-23-4-7-29-8-5-23)2-3-24-13-16(21(26)22-27)18(25)12-17(15)24/h10-13H,2-9H2,1H3. The van der Waals surface area contributed by atoms with Gasteiger partial charge in [0, 0.05) is 49.2 Å². The number of nitroso groups, excluding NO2 is 1. The van der Waals surface area contributed by atoms with Crippen LogP contribution in [0.3, 0.4) is 0 Å². The van der Waals surface area contributed by atoms with Crippen LogP contribution in [0, 0.1) is 4.91 Å². The molecule has 1 fully saturated rings. The Morgan fingerprint density at radius 3 is 2.70 bits per heavy atom. The van der Waals surface area contributed by atoms with Crippen molar-refractivity contribution in [3.8, 4) is 22.8 Å². The summed E-state index contributed by atoms with van der Waals surface area (Å²) in [5.41, 5.74) is 1.80. The van der Waals surface area contributed by atoms with Gasteiger partial charge in [0.25, 0.3) is 0 Å². The van der Waals surface area contributed by atoms with Crippen molar-refractivity contribution in [1.29, 1.82) is 0 Å². The Morgan fingerprint density at radius 1 is 1.17 bits per heavy atom. The Balaban J connectivity index is 1.59. The second kappa shape index (κ2) is 8.76. The Morgan fingerprint density at radius 2 is 1.97 bits per heavy atom. The van der Waals surface area contributed by atoms with Crippen molar-refractivity contribution in [3.05, 3.63) is 50.7 Å². The van der Waals surface area contributed by atoms with Crippen LogP contribution in [0.25, 0.3) is 11.3 Å². The average molecular weight is 413 g/mol. The van der Waals surface area contributed by atoms with Gasteiger partial charge in [-0.1, -0.05) is 0 Å². The Labute approximate surface area is 173 Å². The molecule has 1 amide bonds. The van der Waals surface area contributed by atoms with Gasteiger partial charge in [-0.3, -0.25) is 14.5 Å². The number of fused-ring (bicyclic) bond motifs is 3. The summed E-state index contributed by atoms with van der Waals surface area (Å²) in [5, 5.41) is 2.36. The molecule has 1 saturated heterocycles. The van der Waals surface area contributed by atoms with Crippen LogP contribution in [0.2, 0.25) is 0 Å². The SMILES string of the molecule is COc1cc2c(cc1OCCN1CCOCC1)CCn1cc(C(=O)N=O)c(=O)cc1-2. The number of carbonyl (C=O) groups excluding carboxylic acids is 1. The lowest BCUT2D eigenvalue weighted by Gasteiger charge is -2.27.